The predicted octanol–water partition coefficient (Wildman–Crippen LogP) is 10.1. The third kappa shape index (κ3) is 11.8. The van der Waals surface area contributed by atoms with Crippen molar-refractivity contribution in [3.63, 3.8) is 0 Å². The molecule has 0 aromatic heterocycles. The molecule has 0 bridgehead atoms. The zero-order valence-electron chi connectivity index (χ0n) is 30.0. The van der Waals surface area contributed by atoms with Crippen molar-refractivity contribution in [3.05, 3.63) is 0 Å². The second-order valence-electron chi connectivity index (χ2n) is 16.3. The Hall–Kier alpha value is -0.670. The lowest BCUT2D eigenvalue weighted by atomic mass is 9.80. The lowest BCUT2D eigenvalue weighted by Gasteiger charge is -2.39. The first kappa shape index (κ1) is 45.4. The van der Waals surface area contributed by atoms with E-state index < -0.39 is 130 Å². The van der Waals surface area contributed by atoms with Gasteiger partial charge in [0.15, 0.2) is 0 Å². The maximum absolute atomic E-state index is 13.5. The molecule has 0 radical (unpaired) electrons. The summed E-state index contributed by atoms with van der Waals surface area (Å²) in [6.07, 6.45) is -20.4. The zero-order valence-corrected chi connectivity index (χ0v) is 32.4. The van der Waals surface area contributed by atoms with Crippen LogP contribution in [0.3, 0.4) is 0 Å². The van der Waals surface area contributed by atoms with Crippen molar-refractivity contribution in [2.75, 3.05) is 0 Å². The molecule has 6 nitrogen and oxygen atoms in total. The molecule has 5 aliphatic rings. The average Bonchev–Trinajstić information content (AvgIpc) is 3.08. The van der Waals surface area contributed by atoms with Gasteiger partial charge in [-0.3, -0.25) is 8.37 Å². The quantitative estimate of drug-likeness (QED) is 0.130. The molecule has 0 amide bonds. The molecule has 55 heavy (non-hydrogen) atoms. The smallest absolute Gasteiger partial charge is 0.267 e. The molecule has 5 saturated carbocycles. The Morgan fingerprint density at radius 2 is 0.655 bits per heavy atom. The molecule has 4 atom stereocenters. The van der Waals surface area contributed by atoms with Crippen LogP contribution in [-0.2, 0) is 39.5 Å². The summed E-state index contributed by atoms with van der Waals surface area (Å²) in [5.41, 5.74) is 0. The minimum atomic E-state index is -5.00. The van der Waals surface area contributed by atoms with E-state index in [9.17, 15) is 69.5 Å². The minimum Gasteiger partial charge on any atom is -0.267 e. The van der Waals surface area contributed by atoms with Gasteiger partial charge in [-0.25, -0.2) is 0 Å². The van der Waals surface area contributed by atoms with E-state index in [2.05, 4.69) is 0 Å². The summed E-state index contributed by atoms with van der Waals surface area (Å²) < 4.78 is 225. The van der Waals surface area contributed by atoms with Gasteiger partial charge < -0.3 is 0 Å². The first-order valence-corrected chi connectivity index (χ1v) is 23.4. The fourth-order valence-corrected chi connectivity index (χ4v) is 17.0. The van der Waals surface area contributed by atoms with Gasteiger partial charge in [0.25, 0.3) is 20.2 Å². The maximum Gasteiger partial charge on any atom is 0.391 e. The molecule has 322 valence electrons. The van der Waals surface area contributed by atoms with Crippen molar-refractivity contribution in [2.24, 2.45) is 23.7 Å². The molecule has 5 aliphatic carbocycles. The SMILES string of the molecule is O=S(=O)(OC1CCC([S+](C2CCCCC2)C2CCC(OS(=O)(=O)C3CC(C(F)(F)F)CC(C(F)(F)F)C3)CC2)CC1)C1CC(C(F)(F)F)CC(C(F)(F)F)C1. The Morgan fingerprint density at radius 1 is 0.382 bits per heavy atom. The van der Waals surface area contributed by atoms with Gasteiger partial charge in [0.05, 0.1) is 46.4 Å². The highest BCUT2D eigenvalue weighted by atomic mass is 32.2. The van der Waals surface area contributed by atoms with E-state index in [1.165, 1.54) is 0 Å². The van der Waals surface area contributed by atoms with Gasteiger partial charge in [-0.15, -0.1) is 0 Å². The summed E-state index contributed by atoms with van der Waals surface area (Å²) in [6.45, 7) is 0. The Morgan fingerprint density at radius 3 is 0.927 bits per heavy atom. The van der Waals surface area contributed by atoms with Gasteiger partial charge >= 0.3 is 24.7 Å². The predicted molar refractivity (Wildman–Crippen MR) is 180 cm³/mol. The molecule has 0 heterocycles. The molecule has 21 heteroatoms. The normalized spacial score (nSPS) is 36.4. The standard InChI is InChI=1S/C34H49F12O6S3/c35-31(36,37)20-14-21(32(38,39)40)17-29(16-20)54(47,48)51-24-6-10-27(11-7-24)53(26-4-2-1-3-5-26)28-12-8-25(9-13-28)52-55(49,50)30-18-22(33(41,42)43)15-23(19-30)34(44,45)46/h20-30H,1-19H2/q+1. The molecule has 0 aliphatic heterocycles. The molecular weight excluding hydrogens is 829 g/mol. The number of rotatable bonds is 9. The van der Waals surface area contributed by atoms with Crippen LogP contribution in [0.5, 0.6) is 0 Å². The van der Waals surface area contributed by atoms with Gasteiger partial charge in [-0.2, -0.15) is 69.5 Å². The van der Waals surface area contributed by atoms with Gasteiger partial charge in [0, 0.05) is 0 Å². The summed E-state index contributed by atoms with van der Waals surface area (Å²) in [4.78, 5) is 0. The lowest BCUT2D eigenvalue weighted by molar-refractivity contribution is -0.223. The van der Waals surface area contributed by atoms with Crippen molar-refractivity contribution in [2.45, 2.75) is 185 Å². The maximum atomic E-state index is 13.5. The summed E-state index contributed by atoms with van der Waals surface area (Å²) >= 11 is 0. The first-order chi connectivity index (χ1) is 25.2. The Kier molecular flexibility index (Phi) is 14.1. The van der Waals surface area contributed by atoms with Gasteiger partial charge in [-0.05, 0) is 126 Å². The highest BCUT2D eigenvalue weighted by Gasteiger charge is 2.57. The van der Waals surface area contributed by atoms with E-state index in [4.69, 9.17) is 8.37 Å². The van der Waals surface area contributed by atoms with Crippen LogP contribution >= 0.6 is 0 Å². The second-order valence-corrected chi connectivity index (χ2v) is 22.8. The first-order valence-electron chi connectivity index (χ1n) is 19.1. The fourth-order valence-electron chi connectivity index (χ4n) is 9.57. The van der Waals surface area contributed by atoms with E-state index in [1.54, 1.807) is 0 Å². The number of hydrogen-bond donors (Lipinski definition) is 0. The van der Waals surface area contributed by atoms with Crippen LogP contribution in [-0.4, -0.2) is 80.0 Å². The summed E-state index contributed by atoms with van der Waals surface area (Å²) in [6, 6.07) is 0. The summed E-state index contributed by atoms with van der Waals surface area (Å²) in [7, 11) is -9.78. The van der Waals surface area contributed by atoms with Crippen LogP contribution < -0.4 is 0 Å². The molecule has 0 N–H and O–H groups in total. The van der Waals surface area contributed by atoms with Crippen molar-refractivity contribution in [3.8, 4) is 0 Å². The van der Waals surface area contributed by atoms with Gasteiger partial charge in [0.2, 0.25) is 0 Å². The average molecular weight is 878 g/mol. The topological polar surface area (TPSA) is 86.7 Å². The van der Waals surface area contributed by atoms with Crippen LogP contribution in [0.25, 0.3) is 0 Å². The van der Waals surface area contributed by atoms with E-state index in [0.29, 0.717) is 30.9 Å². The zero-order chi connectivity index (χ0) is 40.8. The molecule has 0 aromatic rings. The monoisotopic (exact) mass is 877 g/mol. The van der Waals surface area contributed by atoms with E-state index in [0.717, 1.165) is 32.1 Å². The van der Waals surface area contributed by atoms with Gasteiger partial charge in [0.1, 0.15) is 15.7 Å². The van der Waals surface area contributed by atoms with Crippen molar-refractivity contribution >= 4 is 31.1 Å². The van der Waals surface area contributed by atoms with Crippen LogP contribution in [0.1, 0.15) is 122 Å². The molecular formula is C34H49F12O6S3+. The Labute approximate surface area is 317 Å². The number of halogens is 12. The summed E-state index contributed by atoms with van der Waals surface area (Å²) in [5.74, 6) is -9.72. The molecule has 0 spiro atoms. The van der Waals surface area contributed by atoms with E-state index in [-0.39, 0.29) is 47.1 Å². The Balaban J connectivity index is 1.20. The van der Waals surface area contributed by atoms with E-state index in [1.807, 2.05) is 0 Å². The van der Waals surface area contributed by atoms with Crippen LogP contribution in [0.2, 0.25) is 0 Å². The number of hydrogen-bond acceptors (Lipinski definition) is 6. The highest BCUT2D eigenvalue weighted by Crippen LogP contribution is 2.50. The van der Waals surface area contributed by atoms with Crippen molar-refractivity contribution < 1.29 is 77.9 Å². The van der Waals surface area contributed by atoms with Crippen molar-refractivity contribution in [1.29, 1.82) is 0 Å². The van der Waals surface area contributed by atoms with E-state index >= 15 is 0 Å². The van der Waals surface area contributed by atoms with Crippen LogP contribution in [0.15, 0.2) is 0 Å². The largest absolute Gasteiger partial charge is 0.391 e. The highest BCUT2D eigenvalue weighted by molar-refractivity contribution is 7.98. The molecule has 5 fully saturated rings. The van der Waals surface area contributed by atoms with Crippen molar-refractivity contribution in [1.82, 2.24) is 0 Å². The third-order valence-electron chi connectivity index (χ3n) is 12.5. The second kappa shape index (κ2) is 17.1. The van der Waals surface area contributed by atoms with Gasteiger partial charge in [-0.1, -0.05) is 6.42 Å². The van der Waals surface area contributed by atoms with Crippen LogP contribution in [0.4, 0.5) is 52.7 Å². The third-order valence-corrected chi connectivity index (χ3v) is 19.7. The summed E-state index contributed by atoms with van der Waals surface area (Å²) in [5, 5.41) is -3.36. The minimum absolute atomic E-state index is 0.108. The molecule has 4 unspecified atom stereocenters. The lowest BCUT2D eigenvalue weighted by Crippen LogP contribution is -2.47. The molecule has 0 saturated heterocycles. The Bertz CT molecular complexity index is 1330. The molecule has 0 aromatic carbocycles. The molecule has 5 rings (SSSR count). The van der Waals surface area contributed by atoms with Crippen LogP contribution in [0, 0.1) is 23.7 Å². The fraction of sp³-hybridized carbons (Fsp3) is 1.00. The number of alkyl halides is 12.